The van der Waals surface area contributed by atoms with Crippen LogP contribution in [-0.2, 0) is 4.79 Å². The fourth-order valence-corrected chi connectivity index (χ4v) is 4.71. The second kappa shape index (κ2) is 8.17. The Balaban J connectivity index is 1.66. The number of aliphatic imine (C=N–C) groups is 1. The van der Waals surface area contributed by atoms with Gasteiger partial charge in [-0.15, -0.1) is 0 Å². The summed E-state index contributed by atoms with van der Waals surface area (Å²) in [6.07, 6.45) is 1.93. The standard InChI is InChI=1S/C24H22ClN3OS/c1-14-8-15(2)10-21(9-14)28-16(3)11-18(17(28)4)12-22-23(29)27-24(30-22)26-20-7-5-6-19(25)13-20/h5-13H,1-4H3,(H,26,27,29)/b22-12-. The lowest BCUT2D eigenvalue weighted by atomic mass is 10.1. The zero-order valence-electron chi connectivity index (χ0n) is 17.3. The van der Waals surface area contributed by atoms with E-state index in [4.69, 9.17) is 11.6 Å². The quantitative estimate of drug-likeness (QED) is 0.494. The lowest BCUT2D eigenvalue weighted by molar-refractivity contribution is -0.115. The molecule has 30 heavy (non-hydrogen) atoms. The molecule has 0 atom stereocenters. The molecular weight excluding hydrogens is 414 g/mol. The van der Waals surface area contributed by atoms with Gasteiger partial charge in [0, 0.05) is 22.1 Å². The molecule has 4 nitrogen and oxygen atoms in total. The van der Waals surface area contributed by atoms with Crippen LogP contribution < -0.4 is 5.32 Å². The summed E-state index contributed by atoms with van der Waals surface area (Å²) in [6, 6.07) is 15.9. The topological polar surface area (TPSA) is 46.4 Å². The second-order valence-corrected chi connectivity index (χ2v) is 8.94. The summed E-state index contributed by atoms with van der Waals surface area (Å²) in [7, 11) is 0. The first-order chi connectivity index (χ1) is 14.3. The van der Waals surface area contributed by atoms with Crippen molar-refractivity contribution in [2.75, 3.05) is 0 Å². The van der Waals surface area contributed by atoms with Gasteiger partial charge in [-0.1, -0.05) is 23.7 Å². The van der Waals surface area contributed by atoms with Crippen molar-refractivity contribution in [3.63, 3.8) is 0 Å². The molecule has 0 unspecified atom stereocenters. The maximum absolute atomic E-state index is 12.5. The van der Waals surface area contributed by atoms with Crippen molar-refractivity contribution < 1.29 is 4.79 Å². The largest absolute Gasteiger partial charge is 0.318 e. The molecule has 1 fully saturated rings. The van der Waals surface area contributed by atoms with Gasteiger partial charge in [-0.05, 0) is 98.6 Å². The van der Waals surface area contributed by atoms with E-state index in [1.807, 2.05) is 18.2 Å². The molecule has 152 valence electrons. The molecule has 0 radical (unpaired) electrons. The average Bonchev–Trinajstić information content (AvgIpc) is 3.13. The lowest BCUT2D eigenvalue weighted by Crippen LogP contribution is -2.19. The first-order valence-electron chi connectivity index (χ1n) is 9.63. The highest BCUT2D eigenvalue weighted by atomic mass is 35.5. The Bertz CT molecular complexity index is 1200. The highest BCUT2D eigenvalue weighted by molar-refractivity contribution is 8.18. The lowest BCUT2D eigenvalue weighted by Gasteiger charge is -2.12. The highest BCUT2D eigenvalue weighted by Crippen LogP contribution is 2.31. The fourth-order valence-electron chi connectivity index (χ4n) is 3.70. The van der Waals surface area contributed by atoms with Crippen LogP contribution in [0.1, 0.15) is 28.1 Å². The third-order valence-corrected chi connectivity index (χ3v) is 6.06. The summed E-state index contributed by atoms with van der Waals surface area (Å²) in [5.41, 5.74) is 7.54. The molecule has 4 rings (SSSR count). The molecule has 1 amide bonds. The van der Waals surface area contributed by atoms with Gasteiger partial charge in [-0.3, -0.25) is 4.79 Å². The summed E-state index contributed by atoms with van der Waals surface area (Å²) in [6.45, 7) is 8.37. The van der Waals surface area contributed by atoms with E-state index in [0.717, 1.165) is 22.6 Å². The monoisotopic (exact) mass is 435 g/mol. The maximum atomic E-state index is 12.5. The van der Waals surface area contributed by atoms with Crippen molar-refractivity contribution in [2.24, 2.45) is 4.99 Å². The maximum Gasteiger partial charge on any atom is 0.264 e. The smallest absolute Gasteiger partial charge is 0.264 e. The molecule has 1 aliphatic heterocycles. The number of halogens is 1. The number of aromatic nitrogens is 1. The minimum Gasteiger partial charge on any atom is -0.318 e. The Kier molecular flexibility index (Phi) is 5.58. The number of amidine groups is 1. The summed E-state index contributed by atoms with van der Waals surface area (Å²) >= 11 is 7.36. The Labute approximate surface area is 185 Å². The van der Waals surface area contributed by atoms with Crippen molar-refractivity contribution >= 4 is 46.2 Å². The van der Waals surface area contributed by atoms with E-state index in [1.54, 1.807) is 12.1 Å². The van der Waals surface area contributed by atoms with Crippen LogP contribution in [0, 0.1) is 27.7 Å². The predicted octanol–water partition coefficient (Wildman–Crippen LogP) is 6.26. The Morgan fingerprint density at radius 3 is 2.47 bits per heavy atom. The van der Waals surface area contributed by atoms with E-state index in [9.17, 15) is 4.79 Å². The Hall–Kier alpha value is -2.76. The summed E-state index contributed by atoms with van der Waals surface area (Å²) in [5, 5.41) is 4.00. The highest BCUT2D eigenvalue weighted by Gasteiger charge is 2.24. The van der Waals surface area contributed by atoms with Crippen LogP contribution in [0.15, 0.2) is 58.4 Å². The van der Waals surface area contributed by atoms with Gasteiger partial charge in [0.05, 0.1) is 10.6 Å². The Morgan fingerprint density at radius 2 is 1.77 bits per heavy atom. The van der Waals surface area contributed by atoms with Gasteiger partial charge in [0.2, 0.25) is 0 Å². The first-order valence-corrected chi connectivity index (χ1v) is 10.8. The average molecular weight is 436 g/mol. The van der Waals surface area contributed by atoms with Crippen LogP contribution in [-0.4, -0.2) is 15.6 Å². The van der Waals surface area contributed by atoms with Crippen molar-refractivity contribution in [3.05, 3.63) is 86.5 Å². The normalized spacial score (nSPS) is 16.5. The van der Waals surface area contributed by atoms with Crippen LogP contribution in [0.5, 0.6) is 0 Å². The van der Waals surface area contributed by atoms with Gasteiger partial charge in [-0.2, -0.15) is 0 Å². The minimum absolute atomic E-state index is 0.142. The number of benzene rings is 2. The molecule has 0 spiro atoms. The van der Waals surface area contributed by atoms with E-state index in [1.165, 1.54) is 22.9 Å². The van der Waals surface area contributed by atoms with Gasteiger partial charge in [0.25, 0.3) is 5.91 Å². The number of nitrogens with zero attached hydrogens (tertiary/aromatic N) is 2. The number of hydrogen-bond acceptors (Lipinski definition) is 3. The predicted molar refractivity (Wildman–Crippen MR) is 127 cm³/mol. The van der Waals surface area contributed by atoms with E-state index in [-0.39, 0.29) is 5.91 Å². The number of amides is 1. The molecule has 2 aromatic carbocycles. The molecule has 1 aliphatic rings. The molecule has 0 aliphatic carbocycles. The number of nitrogens with one attached hydrogen (secondary N) is 1. The third-order valence-electron chi connectivity index (χ3n) is 4.91. The zero-order valence-corrected chi connectivity index (χ0v) is 18.9. The van der Waals surface area contributed by atoms with Crippen LogP contribution in [0.2, 0.25) is 5.02 Å². The SMILES string of the molecule is Cc1cc(C)cc(-n2c(C)cc(/C=C3\SC(=Nc4cccc(Cl)c4)NC3=O)c2C)c1. The number of thioether (sulfide) groups is 1. The minimum atomic E-state index is -0.142. The molecule has 1 N–H and O–H groups in total. The molecule has 0 bridgehead atoms. The summed E-state index contributed by atoms with van der Waals surface area (Å²) in [5.74, 6) is -0.142. The molecule has 2 heterocycles. The number of carbonyl (C=O) groups is 1. The van der Waals surface area contributed by atoms with E-state index >= 15 is 0 Å². The number of carbonyl (C=O) groups excluding carboxylic acids is 1. The summed E-state index contributed by atoms with van der Waals surface area (Å²) < 4.78 is 2.23. The molecule has 1 saturated heterocycles. The molecule has 6 heteroatoms. The number of hydrogen-bond donors (Lipinski definition) is 1. The van der Waals surface area contributed by atoms with Gasteiger partial charge < -0.3 is 9.88 Å². The van der Waals surface area contributed by atoms with E-state index in [2.05, 4.69) is 66.8 Å². The summed E-state index contributed by atoms with van der Waals surface area (Å²) in [4.78, 5) is 17.6. The molecular formula is C24H22ClN3OS. The van der Waals surface area contributed by atoms with Crippen molar-refractivity contribution in [1.29, 1.82) is 0 Å². The molecule has 0 saturated carbocycles. The van der Waals surface area contributed by atoms with Crippen LogP contribution in [0.3, 0.4) is 0 Å². The van der Waals surface area contributed by atoms with Gasteiger partial charge in [0.1, 0.15) is 0 Å². The number of rotatable bonds is 3. The second-order valence-electron chi connectivity index (χ2n) is 7.47. The van der Waals surface area contributed by atoms with Crippen molar-refractivity contribution in [1.82, 2.24) is 9.88 Å². The third kappa shape index (κ3) is 4.23. The fraction of sp³-hybridized carbons (Fsp3) is 0.167. The van der Waals surface area contributed by atoms with Gasteiger partial charge >= 0.3 is 0 Å². The number of aryl methyl sites for hydroxylation is 3. The molecule has 1 aromatic heterocycles. The van der Waals surface area contributed by atoms with Gasteiger partial charge in [-0.25, -0.2) is 4.99 Å². The van der Waals surface area contributed by atoms with Crippen LogP contribution in [0.4, 0.5) is 5.69 Å². The van der Waals surface area contributed by atoms with Crippen molar-refractivity contribution in [3.8, 4) is 5.69 Å². The van der Waals surface area contributed by atoms with Crippen LogP contribution in [0.25, 0.3) is 11.8 Å². The van der Waals surface area contributed by atoms with E-state index < -0.39 is 0 Å². The van der Waals surface area contributed by atoms with E-state index in [0.29, 0.717) is 20.8 Å². The van der Waals surface area contributed by atoms with Crippen molar-refractivity contribution in [2.45, 2.75) is 27.7 Å². The first kappa shape index (κ1) is 20.5. The zero-order chi connectivity index (χ0) is 21.4. The Morgan fingerprint density at radius 1 is 1.03 bits per heavy atom. The van der Waals surface area contributed by atoms with Gasteiger partial charge in [0.15, 0.2) is 5.17 Å². The van der Waals surface area contributed by atoms with Crippen LogP contribution >= 0.6 is 23.4 Å². The molecule has 3 aromatic rings.